The highest BCUT2D eigenvalue weighted by Gasteiger charge is 2.46. The van der Waals surface area contributed by atoms with Gasteiger partial charge in [0.15, 0.2) is 10.1 Å². The Balaban J connectivity index is 1.97. The number of Topliss-reactive ketones (excluding diaryl/α,β-unsaturated/α-hetero) is 1. The van der Waals surface area contributed by atoms with Crippen molar-refractivity contribution >= 4 is 34.0 Å². The maximum absolute atomic E-state index is 14.8. The Hall–Kier alpha value is -2.70. The largest absolute Gasteiger partial charge is 0.384 e. The minimum atomic E-state index is -0.835. The van der Waals surface area contributed by atoms with Gasteiger partial charge in [0, 0.05) is 23.3 Å². The number of thioether (sulfide) groups is 1. The van der Waals surface area contributed by atoms with Crippen LogP contribution in [0, 0.1) is 22.6 Å². The minimum Gasteiger partial charge on any atom is -0.384 e. The van der Waals surface area contributed by atoms with Crippen LogP contribution in [-0.4, -0.2) is 21.7 Å². The molecule has 0 bridgehead atoms. The quantitative estimate of drug-likeness (QED) is 0.666. The van der Waals surface area contributed by atoms with Crippen LogP contribution in [0.15, 0.2) is 51.3 Å². The van der Waals surface area contributed by atoms with E-state index in [0.717, 1.165) is 10.1 Å². The number of hydrogen-bond donors (Lipinski definition) is 1. The molecule has 2 heterocycles. The molecule has 2 N–H and O–H groups in total. The summed E-state index contributed by atoms with van der Waals surface area (Å²) in [4.78, 5) is 15.1. The van der Waals surface area contributed by atoms with Gasteiger partial charge in [0.1, 0.15) is 11.6 Å². The second-order valence-electron chi connectivity index (χ2n) is 8.29. The third kappa shape index (κ3) is 3.75. The average Bonchev–Trinajstić information content (AvgIpc) is 3.15. The average molecular weight is 456 g/mol. The van der Waals surface area contributed by atoms with Crippen LogP contribution in [-0.2, 0) is 4.79 Å². The zero-order valence-corrected chi connectivity index (χ0v) is 19.1. The molecule has 0 fully saturated rings. The van der Waals surface area contributed by atoms with Crippen molar-refractivity contribution in [1.29, 1.82) is 5.26 Å². The number of anilines is 1. The molecule has 0 spiro atoms. The number of ketones is 1. The number of rotatable bonds is 4. The smallest absolute Gasteiger partial charge is 0.219 e. The molecule has 1 aromatic heterocycles. The third-order valence-corrected chi connectivity index (χ3v) is 7.38. The SMILES string of the molecule is CCSc1nnc(N2C(N)=C(C#N)C(c3ccccc3F)C3=C2CC(C)(C)CC3=O)s1. The van der Waals surface area contributed by atoms with Gasteiger partial charge in [-0.2, -0.15) is 5.26 Å². The molecular weight excluding hydrogens is 433 g/mol. The second kappa shape index (κ2) is 8.09. The molecule has 0 saturated heterocycles. The highest BCUT2D eigenvalue weighted by atomic mass is 32.2. The summed E-state index contributed by atoms with van der Waals surface area (Å²) in [6.45, 7) is 6.06. The van der Waals surface area contributed by atoms with Gasteiger partial charge >= 0.3 is 0 Å². The van der Waals surface area contributed by atoms with Gasteiger partial charge in [-0.05, 0) is 23.7 Å². The van der Waals surface area contributed by atoms with Crippen LogP contribution in [0.3, 0.4) is 0 Å². The summed E-state index contributed by atoms with van der Waals surface area (Å²) in [5, 5.41) is 19.0. The Labute approximate surface area is 188 Å². The molecule has 0 amide bonds. The number of nitriles is 1. The van der Waals surface area contributed by atoms with E-state index in [1.54, 1.807) is 34.9 Å². The molecule has 2 aromatic rings. The number of carbonyl (C=O) groups is 1. The molecule has 9 heteroatoms. The van der Waals surface area contributed by atoms with Gasteiger partial charge in [0.25, 0.3) is 0 Å². The van der Waals surface area contributed by atoms with Crippen molar-refractivity contribution in [2.45, 2.75) is 43.9 Å². The van der Waals surface area contributed by atoms with Crippen LogP contribution >= 0.6 is 23.1 Å². The highest BCUT2D eigenvalue weighted by Crippen LogP contribution is 2.51. The van der Waals surface area contributed by atoms with E-state index < -0.39 is 11.7 Å². The van der Waals surface area contributed by atoms with Gasteiger partial charge in [-0.1, -0.05) is 62.1 Å². The zero-order chi connectivity index (χ0) is 22.3. The van der Waals surface area contributed by atoms with Crippen molar-refractivity contribution < 1.29 is 9.18 Å². The minimum absolute atomic E-state index is 0.0996. The molecule has 6 nitrogen and oxygen atoms in total. The molecule has 160 valence electrons. The molecule has 31 heavy (non-hydrogen) atoms. The maximum Gasteiger partial charge on any atom is 0.219 e. The van der Waals surface area contributed by atoms with Gasteiger partial charge in [-0.3, -0.25) is 9.69 Å². The Morgan fingerprint density at radius 3 is 2.77 bits per heavy atom. The number of benzene rings is 1. The van der Waals surface area contributed by atoms with Gasteiger partial charge < -0.3 is 5.73 Å². The summed E-state index contributed by atoms with van der Waals surface area (Å²) in [6.07, 6.45) is 0.866. The van der Waals surface area contributed by atoms with E-state index in [4.69, 9.17) is 5.73 Å². The predicted octanol–water partition coefficient (Wildman–Crippen LogP) is 4.73. The van der Waals surface area contributed by atoms with Gasteiger partial charge in [-0.15, -0.1) is 10.2 Å². The molecule has 1 aromatic carbocycles. The van der Waals surface area contributed by atoms with Crippen LogP contribution in [0.25, 0.3) is 0 Å². The summed E-state index contributed by atoms with van der Waals surface area (Å²) < 4.78 is 15.6. The lowest BCUT2D eigenvalue weighted by molar-refractivity contribution is -0.118. The summed E-state index contributed by atoms with van der Waals surface area (Å²) in [5.74, 6) is -0.387. The van der Waals surface area contributed by atoms with Crippen molar-refractivity contribution in [3.05, 3.63) is 58.3 Å². The standard InChI is InChI=1S/C22H22FN5OS2/c1-4-30-21-27-26-20(31-21)28-15-9-22(2,3)10-16(29)18(15)17(13(11-24)19(28)25)12-7-5-6-8-14(12)23/h5-8,17H,4,9-10,25H2,1-3H3. The van der Waals surface area contributed by atoms with Crippen LogP contribution in [0.5, 0.6) is 0 Å². The first-order valence-electron chi connectivity index (χ1n) is 9.94. The molecule has 1 unspecified atom stereocenters. The summed E-state index contributed by atoms with van der Waals surface area (Å²) in [5.41, 5.74) is 7.74. The molecule has 1 atom stereocenters. The fourth-order valence-electron chi connectivity index (χ4n) is 4.22. The molecule has 0 saturated carbocycles. The maximum atomic E-state index is 14.8. The zero-order valence-electron chi connectivity index (χ0n) is 17.5. The fourth-order valence-corrected chi connectivity index (χ4v) is 6.00. The molecule has 4 rings (SSSR count). The topological polar surface area (TPSA) is 95.9 Å². The molecular formula is C22H22FN5OS2. The van der Waals surface area contributed by atoms with E-state index in [1.807, 2.05) is 20.8 Å². The Bertz CT molecular complexity index is 1160. The van der Waals surface area contributed by atoms with E-state index in [1.165, 1.54) is 17.4 Å². The second-order valence-corrected chi connectivity index (χ2v) is 10.8. The lowest BCUT2D eigenvalue weighted by Gasteiger charge is -2.42. The summed E-state index contributed by atoms with van der Waals surface area (Å²) in [7, 11) is 0. The number of aromatic nitrogens is 2. The van der Waals surface area contributed by atoms with E-state index in [9.17, 15) is 14.4 Å². The number of nitrogens with zero attached hydrogens (tertiary/aromatic N) is 4. The van der Waals surface area contributed by atoms with Crippen molar-refractivity contribution in [3.8, 4) is 6.07 Å². The van der Waals surface area contributed by atoms with Gasteiger partial charge in [0.2, 0.25) is 5.13 Å². The van der Waals surface area contributed by atoms with Crippen molar-refractivity contribution in [2.24, 2.45) is 11.1 Å². The predicted molar refractivity (Wildman–Crippen MR) is 120 cm³/mol. The Morgan fingerprint density at radius 2 is 2.10 bits per heavy atom. The first-order valence-corrected chi connectivity index (χ1v) is 11.7. The van der Waals surface area contributed by atoms with E-state index in [0.29, 0.717) is 29.2 Å². The van der Waals surface area contributed by atoms with Crippen molar-refractivity contribution in [1.82, 2.24) is 10.2 Å². The first-order chi connectivity index (χ1) is 14.8. The first kappa shape index (κ1) is 21.5. The Kier molecular flexibility index (Phi) is 5.62. The van der Waals surface area contributed by atoms with Crippen LogP contribution < -0.4 is 10.6 Å². The number of allylic oxidation sites excluding steroid dienone is 3. The Morgan fingerprint density at radius 1 is 1.35 bits per heavy atom. The van der Waals surface area contributed by atoms with Gasteiger partial charge in [0.05, 0.1) is 17.6 Å². The van der Waals surface area contributed by atoms with E-state index in [2.05, 4.69) is 16.3 Å². The molecule has 0 radical (unpaired) electrons. The lowest BCUT2D eigenvalue weighted by Crippen LogP contribution is -2.42. The van der Waals surface area contributed by atoms with Crippen molar-refractivity contribution in [2.75, 3.05) is 10.7 Å². The molecule has 2 aliphatic rings. The number of carbonyl (C=O) groups excluding carboxylic acids is 1. The number of hydrogen-bond acceptors (Lipinski definition) is 8. The lowest BCUT2D eigenvalue weighted by atomic mass is 9.68. The van der Waals surface area contributed by atoms with Crippen molar-refractivity contribution in [3.63, 3.8) is 0 Å². The highest BCUT2D eigenvalue weighted by molar-refractivity contribution is 8.01. The van der Waals surface area contributed by atoms with Crippen LogP contribution in [0.4, 0.5) is 9.52 Å². The fraction of sp³-hybridized carbons (Fsp3) is 0.364. The normalized spacial score (nSPS) is 20.7. The molecule has 1 aliphatic heterocycles. The molecule has 1 aliphatic carbocycles. The summed E-state index contributed by atoms with van der Waals surface area (Å²) >= 11 is 2.92. The number of halogens is 1. The number of nitrogens with two attached hydrogens (primary N) is 1. The summed E-state index contributed by atoms with van der Waals surface area (Å²) in [6, 6.07) is 8.38. The van der Waals surface area contributed by atoms with Crippen LogP contribution in [0.1, 0.15) is 45.1 Å². The van der Waals surface area contributed by atoms with E-state index >= 15 is 0 Å². The van der Waals surface area contributed by atoms with E-state index in [-0.39, 0.29) is 28.2 Å². The monoisotopic (exact) mass is 455 g/mol. The van der Waals surface area contributed by atoms with Crippen LogP contribution in [0.2, 0.25) is 0 Å². The van der Waals surface area contributed by atoms with Gasteiger partial charge in [-0.25, -0.2) is 4.39 Å². The third-order valence-electron chi connectivity index (χ3n) is 5.45.